The lowest BCUT2D eigenvalue weighted by Gasteiger charge is -2.25. The summed E-state index contributed by atoms with van der Waals surface area (Å²) in [4.78, 5) is 24.0. The summed E-state index contributed by atoms with van der Waals surface area (Å²) < 4.78 is 5.17. The lowest BCUT2D eigenvalue weighted by atomic mass is 10.2. The molecule has 0 saturated carbocycles. The molecule has 0 aliphatic heterocycles. The molecule has 2 N–H and O–H groups in total. The number of para-hydroxylation sites is 1. The number of amides is 2. The maximum atomic E-state index is 12.4. The Balaban J connectivity index is 1.84. The lowest BCUT2D eigenvalue weighted by molar-refractivity contribution is -0.121. The number of carbonyl (C=O) groups is 2. The first-order valence-corrected chi connectivity index (χ1v) is 9.46. The van der Waals surface area contributed by atoms with Crippen molar-refractivity contribution < 1.29 is 14.3 Å². The summed E-state index contributed by atoms with van der Waals surface area (Å²) >= 11 is 0. The Morgan fingerprint density at radius 1 is 0.964 bits per heavy atom. The van der Waals surface area contributed by atoms with E-state index in [2.05, 4.69) is 10.7 Å². The van der Waals surface area contributed by atoms with Gasteiger partial charge in [0.05, 0.1) is 12.2 Å². The molecule has 2 rings (SSSR count). The van der Waals surface area contributed by atoms with Gasteiger partial charge in [0.1, 0.15) is 5.60 Å². The molecular weight excluding hydrogens is 354 g/mol. The van der Waals surface area contributed by atoms with Gasteiger partial charge in [-0.25, -0.2) is 4.79 Å². The highest BCUT2D eigenvalue weighted by atomic mass is 16.6. The molecule has 0 aliphatic rings. The van der Waals surface area contributed by atoms with Crippen molar-refractivity contribution in [2.24, 2.45) is 0 Å². The fourth-order valence-corrected chi connectivity index (χ4v) is 2.53. The molecule has 0 aromatic heterocycles. The molecule has 0 saturated heterocycles. The van der Waals surface area contributed by atoms with E-state index in [-0.39, 0.29) is 5.91 Å². The lowest BCUT2D eigenvalue weighted by Crippen LogP contribution is -2.42. The van der Waals surface area contributed by atoms with E-state index in [1.54, 1.807) is 0 Å². The third kappa shape index (κ3) is 8.12. The monoisotopic (exact) mass is 383 g/mol. The number of nitrogens with one attached hydrogen (secondary N) is 2. The zero-order valence-corrected chi connectivity index (χ0v) is 16.8. The minimum Gasteiger partial charge on any atom is -0.444 e. The number of carbonyl (C=O) groups excluding carboxylic acids is 2. The van der Waals surface area contributed by atoms with Crippen LogP contribution in [0.4, 0.5) is 10.5 Å². The summed E-state index contributed by atoms with van der Waals surface area (Å²) in [7, 11) is 0. The van der Waals surface area contributed by atoms with E-state index in [0.717, 1.165) is 11.3 Å². The summed E-state index contributed by atoms with van der Waals surface area (Å²) in [6, 6.07) is 19.7. The molecule has 150 valence electrons. The summed E-state index contributed by atoms with van der Waals surface area (Å²) in [6.07, 6.45) is 0.357. The smallest absolute Gasteiger partial charge is 0.407 e. The zero-order valence-electron chi connectivity index (χ0n) is 16.8. The highest BCUT2D eigenvalue weighted by molar-refractivity contribution is 5.78. The Bertz CT molecular complexity index is 743. The largest absolute Gasteiger partial charge is 0.444 e. The number of rotatable bonds is 8. The molecule has 0 radical (unpaired) electrons. The second-order valence-electron chi connectivity index (χ2n) is 7.47. The molecule has 28 heavy (non-hydrogen) atoms. The van der Waals surface area contributed by atoms with Crippen LogP contribution in [0.2, 0.25) is 0 Å². The van der Waals surface area contributed by atoms with Crippen LogP contribution in [-0.4, -0.2) is 24.1 Å². The van der Waals surface area contributed by atoms with Gasteiger partial charge < -0.3 is 10.1 Å². The molecule has 0 atom stereocenters. The van der Waals surface area contributed by atoms with E-state index >= 15 is 0 Å². The molecule has 6 nitrogen and oxygen atoms in total. The Morgan fingerprint density at radius 2 is 1.57 bits per heavy atom. The first-order chi connectivity index (χ1) is 13.3. The fourth-order valence-electron chi connectivity index (χ4n) is 2.53. The van der Waals surface area contributed by atoms with Gasteiger partial charge >= 0.3 is 6.09 Å². The number of alkyl carbamates (subject to hydrolysis) is 1. The summed E-state index contributed by atoms with van der Waals surface area (Å²) in [6.45, 7) is 6.37. The molecule has 2 amide bonds. The van der Waals surface area contributed by atoms with E-state index in [0.29, 0.717) is 25.9 Å². The van der Waals surface area contributed by atoms with Crippen molar-refractivity contribution in [3.63, 3.8) is 0 Å². The van der Waals surface area contributed by atoms with Crippen molar-refractivity contribution in [3.05, 3.63) is 66.2 Å². The molecule has 2 aromatic carbocycles. The van der Waals surface area contributed by atoms with Gasteiger partial charge in [0, 0.05) is 13.0 Å². The van der Waals surface area contributed by atoms with Crippen LogP contribution >= 0.6 is 0 Å². The normalized spacial score (nSPS) is 10.8. The van der Waals surface area contributed by atoms with E-state index in [9.17, 15) is 9.59 Å². The maximum absolute atomic E-state index is 12.4. The van der Waals surface area contributed by atoms with Crippen LogP contribution in [0.1, 0.15) is 39.2 Å². The van der Waals surface area contributed by atoms with Crippen molar-refractivity contribution in [1.29, 1.82) is 0 Å². The maximum Gasteiger partial charge on any atom is 0.407 e. The Morgan fingerprint density at radius 3 is 2.18 bits per heavy atom. The number of hydrazine groups is 1. The van der Waals surface area contributed by atoms with E-state index in [1.165, 1.54) is 0 Å². The van der Waals surface area contributed by atoms with Gasteiger partial charge in [-0.3, -0.25) is 15.2 Å². The van der Waals surface area contributed by atoms with Gasteiger partial charge in [0.25, 0.3) is 0 Å². The first kappa shape index (κ1) is 21.3. The van der Waals surface area contributed by atoms with Crippen LogP contribution in [0.3, 0.4) is 0 Å². The second kappa shape index (κ2) is 10.3. The van der Waals surface area contributed by atoms with Crippen molar-refractivity contribution in [2.75, 3.05) is 11.6 Å². The number of benzene rings is 2. The summed E-state index contributed by atoms with van der Waals surface area (Å²) in [5.41, 5.74) is 4.43. The Labute approximate surface area is 166 Å². The van der Waals surface area contributed by atoms with Crippen LogP contribution in [-0.2, 0) is 16.1 Å². The Kier molecular flexibility index (Phi) is 7.87. The van der Waals surface area contributed by atoms with Crippen molar-refractivity contribution in [3.8, 4) is 0 Å². The highest BCUT2D eigenvalue weighted by Crippen LogP contribution is 2.15. The van der Waals surface area contributed by atoms with Gasteiger partial charge in [0.2, 0.25) is 5.91 Å². The average Bonchev–Trinajstić information content (AvgIpc) is 2.65. The number of ether oxygens (including phenoxy) is 1. The molecule has 2 aromatic rings. The third-order valence-electron chi connectivity index (χ3n) is 3.76. The van der Waals surface area contributed by atoms with Crippen LogP contribution in [0.15, 0.2) is 60.7 Å². The molecular formula is C22H29N3O3. The van der Waals surface area contributed by atoms with Gasteiger partial charge in [-0.05, 0) is 44.9 Å². The Hall–Kier alpha value is -3.02. The molecule has 0 spiro atoms. The molecule has 0 unspecified atom stereocenters. The molecule has 0 aliphatic carbocycles. The van der Waals surface area contributed by atoms with Crippen LogP contribution in [0, 0.1) is 0 Å². The predicted molar refractivity (Wildman–Crippen MR) is 111 cm³/mol. The SMILES string of the molecule is CC(C)(C)OC(=O)NCCCC(=O)NN(Cc1ccccc1)c1ccccc1. The van der Waals surface area contributed by atoms with E-state index in [4.69, 9.17) is 4.74 Å². The van der Waals surface area contributed by atoms with Gasteiger partial charge in [-0.2, -0.15) is 0 Å². The third-order valence-corrected chi connectivity index (χ3v) is 3.76. The first-order valence-electron chi connectivity index (χ1n) is 9.46. The van der Waals surface area contributed by atoms with E-state index < -0.39 is 11.7 Å². The standard InChI is InChI=1S/C22H29N3O3/c1-22(2,3)28-21(27)23-16-10-15-20(26)24-25(19-13-8-5-9-14-19)17-18-11-6-4-7-12-18/h4-9,11-14H,10,15-17H2,1-3H3,(H,23,27)(H,24,26). The van der Waals surface area contributed by atoms with Crippen LogP contribution in [0.5, 0.6) is 0 Å². The molecule has 0 bridgehead atoms. The minimum absolute atomic E-state index is 0.106. The predicted octanol–water partition coefficient (Wildman–Crippen LogP) is 4.03. The van der Waals surface area contributed by atoms with Gasteiger partial charge in [0.15, 0.2) is 0 Å². The highest BCUT2D eigenvalue weighted by Gasteiger charge is 2.16. The summed E-state index contributed by atoms with van der Waals surface area (Å²) in [5.74, 6) is -0.106. The average molecular weight is 383 g/mol. The minimum atomic E-state index is -0.533. The van der Waals surface area contributed by atoms with Gasteiger partial charge in [-0.15, -0.1) is 0 Å². The molecule has 0 heterocycles. The molecule has 0 fully saturated rings. The number of hydrogen-bond acceptors (Lipinski definition) is 4. The van der Waals surface area contributed by atoms with Crippen LogP contribution in [0.25, 0.3) is 0 Å². The molecule has 6 heteroatoms. The number of hydrogen-bond donors (Lipinski definition) is 2. The number of anilines is 1. The second-order valence-corrected chi connectivity index (χ2v) is 7.47. The summed E-state index contributed by atoms with van der Waals surface area (Å²) in [5, 5.41) is 4.50. The van der Waals surface area contributed by atoms with Gasteiger partial charge in [-0.1, -0.05) is 48.5 Å². The van der Waals surface area contributed by atoms with Crippen molar-refractivity contribution in [2.45, 2.75) is 45.8 Å². The van der Waals surface area contributed by atoms with Crippen molar-refractivity contribution in [1.82, 2.24) is 10.7 Å². The van der Waals surface area contributed by atoms with Crippen LogP contribution < -0.4 is 15.8 Å². The van der Waals surface area contributed by atoms with E-state index in [1.807, 2.05) is 86.4 Å². The quantitative estimate of drug-likeness (QED) is 0.533. The fraction of sp³-hybridized carbons (Fsp3) is 0.364. The topological polar surface area (TPSA) is 70.7 Å². The van der Waals surface area contributed by atoms with Crippen molar-refractivity contribution >= 4 is 17.7 Å². The number of nitrogens with zero attached hydrogens (tertiary/aromatic N) is 1. The zero-order chi connectivity index (χ0) is 20.4.